The Morgan fingerprint density at radius 1 is 1.15 bits per heavy atom. The van der Waals surface area contributed by atoms with Crippen LogP contribution < -0.4 is 10.3 Å². The van der Waals surface area contributed by atoms with E-state index in [1.807, 2.05) is 0 Å². The van der Waals surface area contributed by atoms with Gasteiger partial charge in [-0.25, -0.2) is 4.98 Å². The molecule has 0 aliphatic rings. The first-order chi connectivity index (χ1) is 9.69. The van der Waals surface area contributed by atoms with Crippen LogP contribution in [0.3, 0.4) is 0 Å². The summed E-state index contributed by atoms with van der Waals surface area (Å²) < 4.78 is 6.59. The molecule has 100 valence electrons. The van der Waals surface area contributed by atoms with E-state index in [1.54, 1.807) is 49.6 Å². The second-order valence-electron chi connectivity index (χ2n) is 4.28. The van der Waals surface area contributed by atoms with Crippen LogP contribution in [-0.4, -0.2) is 16.7 Å². The maximum absolute atomic E-state index is 12.5. The quantitative estimate of drug-likeness (QED) is 0.727. The van der Waals surface area contributed by atoms with Crippen molar-refractivity contribution in [2.75, 3.05) is 7.11 Å². The molecule has 0 saturated heterocycles. The van der Waals surface area contributed by atoms with Crippen molar-refractivity contribution in [1.29, 1.82) is 0 Å². The Morgan fingerprint density at radius 2 is 1.90 bits per heavy atom. The minimum atomic E-state index is -0.150. The zero-order valence-electron chi connectivity index (χ0n) is 10.7. The fourth-order valence-electron chi connectivity index (χ4n) is 2.02. The smallest absolute Gasteiger partial charge is 0.265 e. The van der Waals surface area contributed by atoms with Crippen LogP contribution in [-0.2, 0) is 0 Å². The lowest BCUT2D eigenvalue weighted by atomic mass is 10.2. The first-order valence-electron chi connectivity index (χ1n) is 6.00. The maximum Gasteiger partial charge on any atom is 0.265 e. The SMILES string of the molecule is COc1ccc(-n2cnc3ccc(Cl)cc3c2=O)cc1. The fraction of sp³-hybridized carbons (Fsp3) is 0.0667. The molecule has 0 aliphatic heterocycles. The summed E-state index contributed by atoms with van der Waals surface area (Å²) in [6, 6.07) is 12.3. The Labute approximate surface area is 120 Å². The van der Waals surface area contributed by atoms with Gasteiger partial charge in [-0.05, 0) is 42.5 Å². The third kappa shape index (κ3) is 2.14. The Balaban J connectivity index is 2.20. The van der Waals surface area contributed by atoms with Gasteiger partial charge in [-0.15, -0.1) is 0 Å². The highest BCUT2D eigenvalue weighted by Gasteiger charge is 2.06. The highest BCUT2D eigenvalue weighted by atomic mass is 35.5. The van der Waals surface area contributed by atoms with Gasteiger partial charge in [-0.1, -0.05) is 11.6 Å². The number of rotatable bonds is 2. The van der Waals surface area contributed by atoms with E-state index in [-0.39, 0.29) is 5.56 Å². The molecule has 0 unspecified atom stereocenters. The molecule has 1 heterocycles. The van der Waals surface area contributed by atoms with Crippen molar-refractivity contribution < 1.29 is 4.74 Å². The molecular formula is C15H11ClN2O2. The Morgan fingerprint density at radius 3 is 2.60 bits per heavy atom. The van der Waals surface area contributed by atoms with Crippen molar-refractivity contribution in [2.24, 2.45) is 0 Å². The summed E-state index contributed by atoms with van der Waals surface area (Å²) in [5, 5.41) is 1.01. The molecule has 0 N–H and O–H groups in total. The van der Waals surface area contributed by atoms with Crippen LogP contribution in [0.4, 0.5) is 0 Å². The molecule has 0 saturated carbocycles. The molecule has 5 heteroatoms. The first kappa shape index (κ1) is 12.7. The van der Waals surface area contributed by atoms with Crippen molar-refractivity contribution >= 4 is 22.5 Å². The predicted octanol–water partition coefficient (Wildman–Crippen LogP) is 3.05. The van der Waals surface area contributed by atoms with Gasteiger partial charge in [0.05, 0.1) is 23.7 Å². The number of ether oxygens (including phenoxy) is 1. The van der Waals surface area contributed by atoms with Gasteiger partial charge in [0.15, 0.2) is 0 Å². The number of nitrogens with zero attached hydrogens (tertiary/aromatic N) is 2. The van der Waals surface area contributed by atoms with Crippen LogP contribution in [0.1, 0.15) is 0 Å². The molecule has 0 bridgehead atoms. The van der Waals surface area contributed by atoms with Gasteiger partial charge in [0.2, 0.25) is 0 Å². The van der Waals surface area contributed by atoms with E-state index >= 15 is 0 Å². The van der Waals surface area contributed by atoms with E-state index in [4.69, 9.17) is 16.3 Å². The third-order valence-electron chi connectivity index (χ3n) is 3.07. The van der Waals surface area contributed by atoms with Crippen molar-refractivity contribution in [3.63, 3.8) is 0 Å². The summed E-state index contributed by atoms with van der Waals surface area (Å²) in [6.45, 7) is 0. The Bertz CT molecular complexity index is 825. The maximum atomic E-state index is 12.5. The molecule has 0 radical (unpaired) electrons. The van der Waals surface area contributed by atoms with E-state index in [0.29, 0.717) is 15.9 Å². The minimum Gasteiger partial charge on any atom is -0.497 e. The molecular weight excluding hydrogens is 276 g/mol. The number of aromatic nitrogens is 2. The number of hydrogen-bond donors (Lipinski definition) is 0. The molecule has 1 aromatic heterocycles. The lowest BCUT2D eigenvalue weighted by Crippen LogP contribution is -2.18. The number of methoxy groups -OCH3 is 1. The number of benzene rings is 2. The van der Waals surface area contributed by atoms with Crippen molar-refractivity contribution in [3.05, 3.63) is 64.2 Å². The van der Waals surface area contributed by atoms with Gasteiger partial charge in [-0.2, -0.15) is 0 Å². The molecule has 4 nitrogen and oxygen atoms in total. The van der Waals surface area contributed by atoms with Crippen molar-refractivity contribution in [2.45, 2.75) is 0 Å². The molecule has 0 amide bonds. The number of hydrogen-bond acceptors (Lipinski definition) is 3. The summed E-state index contributed by atoms with van der Waals surface area (Å²) in [4.78, 5) is 16.7. The normalized spacial score (nSPS) is 10.7. The highest BCUT2D eigenvalue weighted by molar-refractivity contribution is 6.31. The number of halogens is 1. The highest BCUT2D eigenvalue weighted by Crippen LogP contribution is 2.17. The zero-order valence-corrected chi connectivity index (χ0v) is 11.5. The summed E-state index contributed by atoms with van der Waals surface area (Å²) in [5.74, 6) is 0.735. The molecule has 0 fully saturated rings. The minimum absolute atomic E-state index is 0.150. The fourth-order valence-corrected chi connectivity index (χ4v) is 2.19. The predicted molar refractivity (Wildman–Crippen MR) is 78.9 cm³/mol. The average molecular weight is 287 g/mol. The van der Waals surface area contributed by atoms with Crippen LogP contribution in [0.2, 0.25) is 5.02 Å². The Kier molecular flexibility index (Phi) is 3.16. The molecule has 0 spiro atoms. The lowest BCUT2D eigenvalue weighted by molar-refractivity contribution is 0.414. The molecule has 3 aromatic rings. The monoisotopic (exact) mass is 286 g/mol. The van der Waals surface area contributed by atoms with Crippen molar-refractivity contribution in [1.82, 2.24) is 9.55 Å². The Hall–Kier alpha value is -2.33. The van der Waals surface area contributed by atoms with E-state index in [2.05, 4.69) is 4.98 Å². The second kappa shape index (κ2) is 4.98. The first-order valence-corrected chi connectivity index (χ1v) is 6.38. The van der Waals surface area contributed by atoms with Gasteiger partial charge < -0.3 is 4.74 Å². The van der Waals surface area contributed by atoms with E-state index in [1.165, 1.54) is 10.9 Å². The lowest BCUT2D eigenvalue weighted by Gasteiger charge is -2.07. The topological polar surface area (TPSA) is 44.1 Å². The van der Waals surface area contributed by atoms with Crippen molar-refractivity contribution in [3.8, 4) is 11.4 Å². The molecule has 3 rings (SSSR count). The van der Waals surface area contributed by atoms with E-state index in [9.17, 15) is 4.79 Å². The van der Waals surface area contributed by atoms with Crippen LogP contribution in [0.15, 0.2) is 53.6 Å². The second-order valence-corrected chi connectivity index (χ2v) is 4.72. The summed E-state index contributed by atoms with van der Waals surface area (Å²) in [6.07, 6.45) is 1.51. The van der Waals surface area contributed by atoms with E-state index < -0.39 is 0 Å². The third-order valence-corrected chi connectivity index (χ3v) is 3.31. The van der Waals surface area contributed by atoms with Crippen LogP contribution in [0.25, 0.3) is 16.6 Å². The van der Waals surface area contributed by atoms with E-state index in [0.717, 1.165) is 11.4 Å². The largest absolute Gasteiger partial charge is 0.497 e. The van der Waals surface area contributed by atoms with Gasteiger partial charge in [-0.3, -0.25) is 9.36 Å². The number of fused-ring (bicyclic) bond motifs is 1. The molecule has 2 aromatic carbocycles. The van der Waals surface area contributed by atoms with Gasteiger partial charge in [0.25, 0.3) is 5.56 Å². The van der Waals surface area contributed by atoms with Gasteiger partial charge in [0.1, 0.15) is 12.1 Å². The van der Waals surface area contributed by atoms with Gasteiger partial charge in [0, 0.05) is 5.02 Å². The van der Waals surface area contributed by atoms with Crippen LogP contribution >= 0.6 is 11.6 Å². The van der Waals surface area contributed by atoms with Crippen LogP contribution in [0.5, 0.6) is 5.75 Å². The standard InChI is InChI=1S/C15H11ClN2O2/c1-20-12-5-3-11(4-6-12)18-9-17-14-7-2-10(16)8-13(14)15(18)19/h2-9H,1H3. The van der Waals surface area contributed by atoms with Crippen LogP contribution in [0, 0.1) is 0 Å². The molecule has 0 atom stereocenters. The summed E-state index contributed by atoms with van der Waals surface area (Å²) in [7, 11) is 1.60. The summed E-state index contributed by atoms with van der Waals surface area (Å²) in [5.41, 5.74) is 1.21. The summed E-state index contributed by atoms with van der Waals surface area (Å²) >= 11 is 5.94. The average Bonchev–Trinajstić information content (AvgIpc) is 2.48. The van der Waals surface area contributed by atoms with Gasteiger partial charge >= 0.3 is 0 Å². The molecule has 0 aliphatic carbocycles. The zero-order chi connectivity index (χ0) is 14.1. The molecule has 20 heavy (non-hydrogen) atoms.